The molecule has 1 amide bonds. The number of para-hydroxylation sites is 1. The lowest BCUT2D eigenvalue weighted by atomic mass is 9.74. The molecule has 0 bridgehead atoms. The number of fused-ring (bicyclic) bond motifs is 1. The molecule has 0 aromatic heterocycles. The molecule has 1 aliphatic carbocycles. The summed E-state index contributed by atoms with van der Waals surface area (Å²) in [5.74, 6) is -0.586. The van der Waals surface area contributed by atoms with Crippen LogP contribution in [0.2, 0.25) is 0 Å². The molecule has 1 aliphatic heterocycles. The Morgan fingerprint density at radius 2 is 1.96 bits per heavy atom. The molecule has 5 nitrogen and oxygen atoms in total. The van der Waals surface area contributed by atoms with E-state index in [2.05, 4.69) is 0 Å². The van der Waals surface area contributed by atoms with Crippen LogP contribution in [-0.2, 0) is 16.0 Å². The van der Waals surface area contributed by atoms with E-state index in [1.807, 2.05) is 24.3 Å². The maximum Gasteiger partial charge on any atom is 0.415 e. The molecule has 1 aromatic carbocycles. The van der Waals surface area contributed by atoms with E-state index < -0.39 is 23.2 Å². The lowest BCUT2D eigenvalue weighted by molar-refractivity contribution is -0.144. The third-order valence-corrected chi connectivity index (χ3v) is 4.97. The number of benzene rings is 1. The second kappa shape index (κ2) is 5.80. The molecule has 1 atom stereocenters. The third kappa shape index (κ3) is 2.87. The number of carbonyl (C=O) groups is 2. The first-order valence-corrected chi connectivity index (χ1v) is 8.57. The van der Waals surface area contributed by atoms with Gasteiger partial charge in [-0.25, -0.2) is 9.59 Å². The fourth-order valence-electron chi connectivity index (χ4n) is 3.68. The Morgan fingerprint density at radius 1 is 1.29 bits per heavy atom. The van der Waals surface area contributed by atoms with Gasteiger partial charge in [0, 0.05) is 6.42 Å². The van der Waals surface area contributed by atoms with Gasteiger partial charge in [-0.15, -0.1) is 0 Å². The molecule has 24 heavy (non-hydrogen) atoms. The van der Waals surface area contributed by atoms with Crippen LogP contribution in [0.5, 0.6) is 0 Å². The lowest BCUT2D eigenvalue weighted by Crippen LogP contribution is -2.58. The van der Waals surface area contributed by atoms with Crippen LogP contribution in [-0.4, -0.2) is 28.3 Å². The minimum atomic E-state index is -1.24. The molecule has 1 fully saturated rings. The van der Waals surface area contributed by atoms with Crippen molar-refractivity contribution in [2.45, 2.75) is 64.0 Å². The van der Waals surface area contributed by atoms with Crippen LogP contribution >= 0.6 is 0 Å². The molecule has 130 valence electrons. The number of carboxylic acids is 1. The Hall–Kier alpha value is -2.04. The van der Waals surface area contributed by atoms with Crippen LogP contribution in [0.15, 0.2) is 24.3 Å². The van der Waals surface area contributed by atoms with E-state index in [0.717, 1.165) is 24.8 Å². The highest BCUT2D eigenvalue weighted by atomic mass is 16.6. The first kappa shape index (κ1) is 16.8. The Balaban J connectivity index is 2.02. The van der Waals surface area contributed by atoms with E-state index in [1.165, 1.54) is 4.90 Å². The summed E-state index contributed by atoms with van der Waals surface area (Å²) in [6.07, 6.45) is 3.46. The summed E-state index contributed by atoms with van der Waals surface area (Å²) in [6.45, 7) is 5.38. The lowest BCUT2D eigenvalue weighted by Gasteiger charge is -2.40. The van der Waals surface area contributed by atoms with Gasteiger partial charge in [-0.1, -0.05) is 37.5 Å². The SMILES string of the molecule is CC(C)(C)OC(=O)N1c2ccccc2CC1(CC1CCC1)C(=O)O. The summed E-state index contributed by atoms with van der Waals surface area (Å²) >= 11 is 0. The largest absolute Gasteiger partial charge is 0.479 e. The Labute approximate surface area is 142 Å². The molecule has 1 aromatic rings. The zero-order valence-electron chi connectivity index (χ0n) is 14.5. The Kier molecular flexibility index (Phi) is 4.06. The number of hydrogen-bond donors (Lipinski definition) is 1. The summed E-state index contributed by atoms with van der Waals surface area (Å²) < 4.78 is 5.54. The smallest absolute Gasteiger partial charge is 0.415 e. The second-order valence-electron chi connectivity index (χ2n) is 7.96. The topological polar surface area (TPSA) is 66.8 Å². The van der Waals surface area contributed by atoms with E-state index in [4.69, 9.17) is 4.74 Å². The van der Waals surface area contributed by atoms with Crippen molar-refractivity contribution in [3.05, 3.63) is 29.8 Å². The zero-order valence-corrected chi connectivity index (χ0v) is 14.5. The highest BCUT2D eigenvalue weighted by molar-refractivity contribution is 6.01. The zero-order chi connectivity index (χ0) is 17.5. The van der Waals surface area contributed by atoms with Crippen molar-refractivity contribution in [2.24, 2.45) is 5.92 Å². The summed E-state index contributed by atoms with van der Waals surface area (Å²) in [4.78, 5) is 26.6. The maximum absolute atomic E-state index is 12.9. The third-order valence-electron chi connectivity index (χ3n) is 4.97. The van der Waals surface area contributed by atoms with E-state index in [-0.39, 0.29) is 0 Å². The molecule has 2 aliphatic rings. The van der Waals surface area contributed by atoms with Gasteiger partial charge in [-0.2, -0.15) is 0 Å². The molecule has 3 rings (SSSR count). The van der Waals surface area contributed by atoms with Gasteiger partial charge in [0.15, 0.2) is 5.54 Å². The van der Waals surface area contributed by atoms with Crippen molar-refractivity contribution in [2.75, 3.05) is 4.90 Å². The van der Waals surface area contributed by atoms with Crippen molar-refractivity contribution >= 4 is 17.7 Å². The highest BCUT2D eigenvalue weighted by Gasteiger charge is 2.55. The van der Waals surface area contributed by atoms with Crippen molar-refractivity contribution in [3.8, 4) is 0 Å². The fraction of sp³-hybridized carbons (Fsp3) is 0.579. The first-order valence-electron chi connectivity index (χ1n) is 8.57. The van der Waals surface area contributed by atoms with Crippen molar-refractivity contribution < 1.29 is 19.4 Å². The molecule has 0 radical (unpaired) electrons. The number of rotatable bonds is 3. The van der Waals surface area contributed by atoms with Gasteiger partial charge in [0.2, 0.25) is 0 Å². The number of carbonyl (C=O) groups excluding carboxylic acids is 1. The fourth-order valence-corrected chi connectivity index (χ4v) is 3.68. The van der Waals surface area contributed by atoms with Gasteiger partial charge in [0.05, 0.1) is 5.69 Å². The van der Waals surface area contributed by atoms with E-state index in [1.54, 1.807) is 20.8 Å². The number of amides is 1. The van der Waals surface area contributed by atoms with E-state index >= 15 is 0 Å². The van der Waals surface area contributed by atoms with Gasteiger partial charge in [-0.3, -0.25) is 4.90 Å². The quantitative estimate of drug-likeness (QED) is 0.909. The highest BCUT2D eigenvalue weighted by Crippen LogP contribution is 2.46. The molecule has 1 heterocycles. The standard InChI is InChI=1S/C19H25NO4/c1-18(2,3)24-17(23)20-15-10-5-4-9-14(15)12-19(20,16(21)22)11-13-7-6-8-13/h4-5,9-10,13H,6-8,11-12H2,1-3H3,(H,21,22). The minimum Gasteiger partial charge on any atom is -0.479 e. The second-order valence-corrected chi connectivity index (χ2v) is 7.96. The summed E-state index contributed by atoms with van der Waals surface area (Å²) in [7, 11) is 0. The van der Waals surface area contributed by atoms with Gasteiger partial charge in [-0.05, 0) is 44.7 Å². The maximum atomic E-state index is 12.9. The molecular weight excluding hydrogens is 306 g/mol. The monoisotopic (exact) mass is 331 g/mol. The number of hydrogen-bond acceptors (Lipinski definition) is 3. The molecule has 5 heteroatoms. The van der Waals surface area contributed by atoms with Crippen molar-refractivity contribution in [3.63, 3.8) is 0 Å². The first-order chi connectivity index (χ1) is 11.2. The van der Waals surface area contributed by atoms with Gasteiger partial charge in [0.25, 0.3) is 0 Å². The summed E-state index contributed by atoms with van der Waals surface area (Å²) in [6, 6.07) is 7.42. The number of nitrogens with zero attached hydrogens (tertiary/aromatic N) is 1. The predicted molar refractivity (Wildman–Crippen MR) is 91.2 cm³/mol. The van der Waals surface area contributed by atoms with Crippen LogP contribution in [0.4, 0.5) is 10.5 Å². The molecule has 1 N–H and O–H groups in total. The normalized spacial score (nSPS) is 23.5. The average molecular weight is 331 g/mol. The number of ether oxygens (including phenoxy) is 1. The van der Waals surface area contributed by atoms with Crippen LogP contribution in [0.1, 0.15) is 52.0 Å². The van der Waals surface area contributed by atoms with Gasteiger partial charge in [0.1, 0.15) is 5.60 Å². The van der Waals surface area contributed by atoms with Crippen LogP contribution < -0.4 is 4.90 Å². The van der Waals surface area contributed by atoms with Gasteiger partial charge < -0.3 is 9.84 Å². The Bertz CT molecular complexity index is 660. The molecule has 1 unspecified atom stereocenters. The number of anilines is 1. The number of carboxylic acid groups (broad SMARTS) is 1. The van der Waals surface area contributed by atoms with E-state index in [0.29, 0.717) is 24.4 Å². The summed E-state index contributed by atoms with van der Waals surface area (Å²) in [5.41, 5.74) is -0.356. The van der Waals surface area contributed by atoms with Crippen LogP contribution in [0.25, 0.3) is 0 Å². The predicted octanol–water partition coefficient (Wildman–Crippen LogP) is 4.00. The van der Waals surface area contributed by atoms with Crippen molar-refractivity contribution in [1.82, 2.24) is 0 Å². The molecule has 0 spiro atoms. The van der Waals surface area contributed by atoms with Gasteiger partial charge >= 0.3 is 12.1 Å². The van der Waals surface area contributed by atoms with Crippen LogP contribution in [0.3, 0.4) is 0 Å². The minimum absolute atomic E-state index is 0.342. The summed E-state index contributed by atoms with van der Waals surface area (Å²) in [5, 5.41) is 10.1. The number of aliphatic carboxylic acids is 1. The average Bonchev–Trinajstić information content (AvgIpc) is 2.76. The van der Waals surface area contributed by atoms with Crippen LogP contribution in [0, 0.1) is 5.92 Å². The Morgan fingerprint density at radius 3 is 2.50 bits per heavy atom. The molecule has 1 saturated carbocycles. The molecule has 0 saturated heterocycles. The van der Waals surface area contributed by atoms with Crippen molar-refractivity contribution in [1.29, 1.82) is 0 Å². The van der Waals surface area contributed by atoms with E-state index in [9.17, 15) is 14.7 Å². The molecular formula is C19H25NO4.